The fourth-order valence-corrected chi connectivity index (χ4v) is 4.59. The van der Waals surface area contributed by atoms with Gasteiger partial charge in [-0.05, 0) is 39.8 Å². The van der Waals surface area contributed by atoms with Gasteiger partial charge in [-0.25, -0.2) is 19.6 Å². The normalized spacial score (nSPS) is 10.5. The number of hydrogen-bond donors (Lipinski definition) is 2. The smallest absolute Gasteiger partial charge is 0.350 e. The van der Waals surface area contributed by atoms with Gasteiger partial charge in [0.05, 0.1) is 35.7 Å². The van der Waals surface area contributed by atoms with Crippen LogP contribution in [0.4, 0.5) is 10.3 Å². The summed E-state index contributed by atoms with van der Waals surface area (Å²) < 4.78 is 9.98. The van der Waals surface area contributed by atoms with Gasteiger partial charge in [0.2, 0.25) is 0 Å². The van der Waals surface area contributed by atoms with Gasteiger partial charge in [-0.15, -0.1) is 0 Å². The first-order chi connectivity index (χ1) is 16.2. The lowest BCUT2D eigenvalue weighted by atomic mass is 10.1. The molecule has 2 heterocycles. The summed E-state index contributed by atoms with van der Waals surface area (Å²) in [7, 11) is 0. The summed E-state index contributed by atoms with van der Waals surface area (Å²) in [6, 6.07) is 6.23. The molecule has 12 heteroatoms. The number of hydrogen-bond acceptors (Lipinski definition) is 10. The van der Waals surface area contributed by atoms with Crippen LogP contribution in [-0.2, 0) is 9.47 Å². The number of esters is 2. The van der Waals surface area contributed by atoms with Crippen molar-refractivity contribution < 1.29 is 28.7 Å². The molecular formula is C22H22N4O6S2. The second-order valence-corrected chi connectivity index (χ2v) is 8.76. The summed E-state index contributed by atoms with van der Waals surface area (Å²) in [4.78, 5) is 58.8. The molecule has 0 radical (unpaired) electrons. The largest absolute Gasteiger partial charge is 0.462 e. The molecule has 0 aliphatic rings. The molecule has 3 aromatic rings. The highest BCUT2D eigenvalue weighted by Crippen LogP contribution is 2.26. The minimum absolute atomic E-state index is 0.101. The first-order valence-electron chi connectivity index (χ1n) is 10.3. The quantitative estimate of drug-likeness (QED) is 0.440. The number of nitrogens with one attached hydrogen (secondary N) is 2. The minimum Gasteiger partial charge on any atom is -0.462 e. The predicted molar refractivity (Wildman–Crippen MR) is 128 cm³/mol. The Morgan fingerprint density at radius 2 is 1.15 bits per heavy atom. The van der Waals surface area contributed by atoms with Crippen LogP contribution in [0.15, 0.2) is 24.3 Å². The fourth-order valence-electron chi connectivity index (χ4n) is 2.88. The van der Waals surface area contributed by atoms with Gasteiger partial charge in [-0.1, -0.05) is 34.8 Å². The lowest BCUT2D eigenvalue weighted by Crippen LogP contribution is -2.20. The number of carbonyl (C=O) groups excluding carboxylic acids is 4. The Morgan fingerprint density at radius 3 is 1.50 bits per heavy atom. The van der Waals surface area contributed by atoms with E-state index < -0.39 is 23.8 Å². The second-order valence-electron chi connectivity index (χ2n) is 6.76. The summed E-state index contributed by atoms with van der Waals surface area (Å²) in [6.45, 7) is 7.12. The van der Waals surface area contributed by atoms with Gasteiger partial charge in [-0.3, -0.25) is 20.2 Å². The number of ether oxygens (including phenoxy) is 2. The van der Waals surface area contributed by atoms with E-state index in [1.54, 1.807) is 39.8 Å². The maximum absolute atomic E-state index is 12.9. The third-order valence-corrected chi connectivity index (χ3v) is 6.48. The number of anilines is 2. The molecule has 0 atom stereocenters. The molecule has 2 amide bonds. The van der Waals surface area contributed by atoms with Crippen molar-refractivity contribution in [2.75, 3.05) is 23.8 Å². The maximum Gasteiger partial charge on any atom is 0.350 e. The first kappa shape index (κ1) is 25.0. The topological polar surface area (TPSA) is 137 Å². The fraction of sp³-hybridized carbons (Fsp3) is 0.273. The first-order valence-corrected chi connectivity index (χ1v) is 11.9. The molecule has 0 bridgehead atoms. The zero-order valence-corrected chi connectivity index (χ0v) is 20.5. The van der Waals surface area contributed by atoms with Crippen molar-refractivity contribution >= 4 is 56.7 Å². The SMILES string of the molecule is CCOC(=O)c1sc(NC(=O)c2ccccc2C(=O)Nc2nc(C)c(C(=O)OCC)s2)nc1C. The molecule has 178 valence electrons. The lowest BCUT2D eigenvalue weighted by molar-refractivity contribution is 0.0521. The van der Waals surface area contributed by atoms with E-state index in [0.29, 0.717) is 21.1 Å². The van der Waals surface area contributed by atoms with Crippen LogP contribution in [0.25, 0.3) is 0 Å². The van der Waals surface area contributed by atoms with Gasteiger partial charge in [0.25, 0.3) is 11.8 Å². The molecule has 3 rings (SSSR count). The van der Waals surface area contributed by atoms with Crippen molar-refractivity contribution in [2.24, 2.45) is 0 Å². The molecule has 0 aliphatic carbocycles. The van der Waals surface area contributed by atoms with Crippen molar-refractivity contribution in [2.45, 2.75) is 27.7 Å². The van der Waals surface area contributed by atoms with Crippen molar-refractivity contribution in [3.8, 4) is 0 Å². The number of rotatable bonds is 8. The molecule has 2 aromatic heterocycles. The summed E-state index contributed by atoms with van der Waals surface area (Å²) >= 11 is 1.98. The Kier molecular flexibility index (Phi) is 8.08. The molecular weight excluding hydrogens is 480 g/mol. The van der Waals surface area contributed by atoms with Crippen LogP contribution in [0.1, 0.15) is 65.3 Å². The third kappa shape index (κ3) is 5.64. The highest BCUT2D eigenvalue weighted by atomic mass is 32.1. The van der Waals surface area contributed by atoms with Gasteiger partial charge in [0, 0.05) is 0 Å². The standard InChI is InChI=1S/C22H22N4O6S2/c1-5-31-19(29)15-11(3)23-21(33-15)25-17(27)13-9-7-8-10-14(13)18(28)26-22-24-12(4)16(34-22)20(30)32-6-2/h7-10H,5-6H2,1-4H3,(H,23,25,27)(H,24,26,28). The number of nitrogens with zero attached hydrogens (tertiary/aromatic N) is 2. The van der Waals surface area contributed by atoms with Crippen LogP contribution >= 0.6 is 22.7 Å². The van der Waals surface area contributed by atoms with Gasteiger partial charge in [-0.2, -0.15) is 0 Å². The zero-order chi connectivity index (χ0) is 24.8. The molecule has 0 saturated carbocycles. The van der Waals surface area contributed by atoms with Crippen molar-refractivity contribution in [3.63, 3.8) is 0 Å². The molecule has 0 spiro atoms. The number of aromatic nitrogens is 2. The average molecular weight is 503 g/mol. The van der Waals surface area contributed by atoms with Crippen LogP contribution in [0.3, 0.4) is 0 Å². The van der Waals surface area contributed by atoms with Crippen molar-refractivity contribution in [1.29, 1.82) is 0 Å². The molecule has 0 fully saturated rings. The van der Waals surface area contributed by atoms with Gasteiger partial charge < -0.3 is 9.47 Å². The van der Waals surface area contributed by atoms with Gasteiger partial charge in [0.15, 0.2) is 10.3 Å². The van der Waals surface area contributed by atoms with E-state index in [-0.39, 0.29) is 34.6 Å². The number of amides is 2. The summed E-state index contributed by atoms with van der Waals surface area (Å²) in [6.07, 6.45) is 0. The van der Waals surface area contributed by atoms with E-state index in [1.165, 1.54) is 12.1 Å². The average Bonchev–Trinajstić information content (AvgIpc) is 3.35. The van der Waals surface area contributed by atoms with Crippen LogP contribution in [0, 0.1) is 13.8 Å². The second kappa shape index (κ2) is 11.0. The van der Waals surface area contributed by atoms with Gasteiger partial charge in [0.1, 0.15) is 9.75 Å². The Bertz CT molecular complexity index is 1150. The third-order valence-electron chi connectivity index (χ3n) is 4.37. The van der Waals surface area contributed by atoms with Crippen LogP contribution in [0.2, 0.25) is 0 Å². The molecule has 0 unspecified atom stereocenters. The Morgan fingerprint density at radius 1 is 0.765 bits per heavy atom. The van der Waals surface area contributed by atoms with Crippen LogP contribution in [-0.4, -0.2) is 46.9 Å². The molecule has 0 aliphatic heterocycles. The predicted octanol–water partition coefficient (Wildman–Crippen LogP) is 4.07. The molecule has 0 saturated heterocycles. The highest BCUT2D eigenvalue weighted by Gasteiger charge is 2.22. The molecule has 2 N–H and O–H groups in total. The lowest BCUT2D eigenvalue weighted by Gasteiger charge is -2.08. The molecule has 1 aromatic carbocycles. The van der Waals surface area contributed by atoms with Gasteiger partial charge >= 0.3 is 11.9 Å². The van der Waals surface area contributed by atoms with E-state index >= 15 is 0 Å². The van der Waals surface area contributed by atoms with Crippen molar-refractivity contribution in [1.82, 2.24) is 9.97 Å². The number of benzene rings is 1. The number of carbonyl (C=O) groups is 4. The number of thiazole rings is 2. The minimum atomic E-state index is -0.572. The monoisotopic (exact) mass is 502 g/mol. The number of aryl methyl sites for hydroxylation is 2. The van der Waals surface area contributed by atoms with Crippen LogP contribution in [0.5, 0.6) is 0 Å². The molecule has 10 nitrogen and oxygen atoms in total. The van der Waals surface area contributed by atoms with E-state index in [0.717, 1.165) is 22.7 Å². The van der Waals surface area contributed by atoms with Crippen LogP contribution < -0.4 is 10.6 Å². The highest BCUT2D eigenvalue weighted by molar-refractivity contribution is 7.18. The Hall–Kier alpha value is -3.64. The summed E-state index contributed by atoms with van der Waals surface area (Å²) in [5, 5.41) is 5.66. The van der Waals surface area contributed by atoms with E-state index in [1.807, 2.05) is 0 Å². The van der Waals surface area contributed by atoms with E-state index in [9.17, 15) is 19.2 Å². The Balaban J connectivity index is 1.78. The summed E-state index contributed by atoms with van der Waals surface area (Å²) in [5.41, 5.74) is 1.07. The van der Waals surface area contributed by atoms with Crippen molar-refractivity contribution in [3.05, 3.63) is 56.5 Å². The van der Waals surface area contributed by atoms with E-state index in [4.69, 9.17) is 9.47 Å². The Labute approximate surface area is 203 Å². The zero-order valence-electron chi connectivity index (χ0n) is 18.9. The molecule has 34 heavy (non-hydrogen) atoms. The van der Waals surface area contributed by atoms with E-state index in [2.05, 4.69) is 20.6 Å². The maximum atomic E-state index is 12.9. The summed E-state index contributed by atoms with van der Waals surface area (Å²) in [5.74, 6) is -2.17.